The molecule has 0 radical (unpaired) electrons. The van der Waals surface area contributed by atoms with Gasteiger partial charge < -0.3 is 10.2 Å². The Hall–Kier alpha value is -2.02. The molecule has 3 nitrogen and oxygen atoms in total. The number of hydrogen-bond donors (Lipinski definition) is 1. The van der Waals surface area contributed by atoms with Crippen molar-refractivity contribution < 1.29 is 18.0 Å². The molecule has 0 bridgehead atoms. The minimum atomic E-state index is -4.37. The molecule has 0 aliphatic carbocycles. The molecule has 0 aromatic heterocycles. The van der Waals surface area contributed by atoms with E-state index in [1.54, 1.807) is 6.07 Å². The third-order valence-corrected chi connectivity index (χ3v) is 4.20. The summed E-state index contributed by atoms with van der Waals surface area (Å²) >= 11 is 3.29. The fourth-order valence-corrected chi connectivity index (χ4v) is 2.81. The molecule has 0 saturated carbocycles. The number of nitrogens with one attached hydrogen (secondary N) is 1. The number of rotatable bonds is 3. The van der Waals surface area contributed by atoms with Crippen LogP contribution in [0.25, 0.3) is 0 Å². The fourth-order valence-electron chi connectivity index (χ4n) is 2.43. The molecular formula is C19H20BrF3N2O. The minimum absolute atomic E-state index is 0.193. The number of nitrogens with zero attached hydrogens (tertiary/aromatic N) is 1. The summed E-state index contributed by atoms with van der Waals surface area (Å²) in [5.74, 6) is 0. The average Bonchev–Trinajstić information content (AvgIpc) is 3.05. The van der Waals surface area contributed by atoms with Crippen molar-refractivity contribution in [2.24, 2.45) is 5.16 Å². The summed E-state index contributed by atoms with van der Waals surface area (Å²) in [6, 6.07) is 10.8. The summed E-state index contributed by atoms with van der Waals surface area (Å²) in [6.45, 7) is 5.89. The summed E-state index contributed by atoms with van der Waals surface area (Å²) in [5.41, 5.74) is 2.27. The maximum atomic E-state index is 12.8. The molecule has 1 heterocycles. The van der Waals surface area contributed by atoms with Crippen LogP contribution in [0.5, 0.6) is 0 Å². The van der Waals surface area contributed by atoms with E-state index in [-0.39, 0.29) is 6.10 Å². The number of benzene rings is 2. The van der Waals surface area contributed by atoms with Gasteiger partial charge >= 0.3 is 6.18 Å². The zero-order valence-corrected chi connectivity index (χ0v) is 16.3. The third-order valence-electron chi connectivity index (χ3n) is 3.74. The van der Waals surface area contributed by atoms with Gasteiger partial charge in [-0.05, 0) is 58.2 Å². The number of anilines is 2. The molecule has 2 aromatic rings. The Morgan fingerprint density at radius 1 is 1.15 bits per heavy atom. The molecule has 7 heteroatoms. The average molecular weight is 429 g/mol. The molecule has 1 N–H and O–H groups in total. The summed E-state index contributed by atoms with van der Waals surface area (Å²) in [7, 11) is 0. The first-order chi connectivity index (χ1) is 12.3. The smallest absolute Gasteiger partial charge is 0.386 e. The van der Waals surface area contributed by atoms with Crippen LogP contribution in [0.2, 0.25) is 0 Å². The van der Waals surface area contributed by atoms with Crippen molar-refractivity contribution in [3.05, 3.63) is 59.2 Å². The van der Waals surface area contributed by atoms with Gasteiger partial charge in [0.1, 0.15) is 4.62 Å². The molecule has 1 aliphatic heterocycles. The monoisotopic (exact) mass is 428 g/mol. The molecule has 0 saturated heterocycles. The van der Waals surface area contributed by atoms with Crippen molar-refractivity contribution in [1.82, 2.24) is 0 Å². The Morgan fingerprint density at radius 2 is 1.88 bits per heavy atom. The number of hydrogen-bond acceptors (Lipinski definition) is 3. The second-order valence-corrected chi connectivity index (χ2v) is 6.46. The fraction of sp³-hybridized carbons (Fsp3) is 0.316. The van der Waals surface area contributed by atoms with Crippen LogP contribution >= 0.6 is 15.9 Å². The topological polar surface area (TPSA) is 33.6 Å². The Morgan fingerprint density at radius 3 is 2.50 bits per heavy atom. The lowest BCUT2D eigenvalue weighted by atomic mass is 10.0. The molecule has 1 unspecified atom stereocenters. The van der Waals surface area contributed by atoms with Crippen LogP contribution in [0.4, 0.5) is 24.5 Å². The van der Waals surface area contributed by atoms with E-state index < -0.39 is 11.7 Å². The van der Waals surface area contributed by atoms with Gasteiger partial charge in [0.05, 0.1) is 5.56 Å². The standard InChI is InChI=1S/C17H14BrF3N2O.C2H6/c1-10-5-6-11(15-9-16(18)23-24-15)7-14(10)22-13-4-2-3-12(8-13)17(19,20)21;1-2/h2-8,15,22H,9H2,1H3;1-2H3. The van der Waals surface area contributed by atoms with Crippen molar-refractivity contribution >= 4 is 31.9 Å². The number of halogens is 4. The lowest BCUT2D eigenvalue weighted by Gasteiger charge is -2.15. The first-order valence-electron chi connectivity index (χ1n) is 8.26. The van der Waals surface area contributed by atoms with Crippen molar-refractivity contribution in [3.8, 4) is 0 Å². The van der Waals surface area contributed by atoms with E-state index in [1.165, 1.54) is 6.07 Å². The first-order valence-corrected chi connectivity index (χ1v) is 9.05. The van der Waals surface area contributed by atoms with Crippen LogP contribution < -0.4 is 5.32 Å². The van der Waals surface area contributed by atoms with Crippen LogP contribution in [0.1, 0.15) is 43.1 Å². The zero-order valence-electron chi connectivity index (χ0n) is 14.7. The highest BCUT2D eigenvalue weighted by Gasteiger charge is 2.30. The molecule has 26 heavy (non-hydrogen) atoms. The minimum Gasteiger partial charge on any atom is -0.386 e. The van der Waals surface area contributed by atoms with Gasteiger partial charge in [0, 0.05) is 17.8 Å². The van der Waals surface area contributed by atoms with E-state index in [9.17, 15) is 13.2 Å². The lowest BCUT2D eigenvalue weighted by molar-refractivity contribution is -0.137. The molecule has 1 aliphatic rings. The summed E-state index contributed by atoms with van der Waals surface area (Å²) in [4.78, 5) is 5.32. The number of aryl methyl sites for hydroxylation is 1. The molecular weight excluding hydrogens is 409 g/mol. The van der Waals surface area contributed by atoms with Crippen molar-refractivity contribution in [1.29, 1.82) is 0 Å². The van der Waals surface area contributed by atoms with Crippen LogP contribution in [0.15, 0.2) is 47.6 Å². The highest BCUT2D eigenvalue weighted by atomic mass is 79.9. The molecule has 0 spiro atoms. The van der Waals surface area contributed by atoms with E-state index in [0.29, 0.717) is 12.1 Å². The molecule has 2 aromatic carbocycles. The first kappa shape index (κ1) is 20.3. The van der Waals surface area contributed by atoms with Gasteiger partial charge in [0.25, 0.3) is 0 Å². The van der Waals surface area contributed by atoms with Crippen LogP contribution in [-0.2, 0) is 11.0 Å². The molecule has 3 rings (SSSR count). The van der Waals surface area contributed by atoms with E-state index in [4.69, 9.17) is 4.84 Å². The normalized spacial score (nSPS) is 16.3. The largest absolute Gasteiger partial charge is 0.416 e. The maximum Gasteiger partial charge on any atom is 0.416 e. The van der Waals surface area contributed by atoms with Crippen molar-refractivity contribution in [3.63, 3.8) is 0 Å². The number of alkyl halides is 3. The lowest BCUT2D eigenvalue weighted by Crippen LogP contribution is -2.05. The van der Waals surface area contributed by atoms with Gasteiger partial charge in [-0.25, -0.2) is 0 Å². The SMILES string of the molecule is CC.Cc1ccc(C2CC(Br)=NO2)cc1Nc1cccc(C(F)(F)F)c1. The van der Waals surface area contributed by atoms with Crippen molar-refractivity contribution in [2.75, 3.05) is 5.32 Å². The van der Waals surface area contributed by atoms with E-state index in [0.717, 1.165) is 33.6 Å². The van der Waals surface area contributed by atoms with Gasteiger partial charge in [-0.1, -0.05) is 37.2 Å². The predicted octanol–water partition coefficient (Wildman–Crippen LogP) is 6.95. The predicted molar refractivity (Wildman–Crippen MR) is 102 cm³/mol. The van der Waals surface area contributed by atoms with E-state index in [1.807, 2.05) is 39.0 Å². The van der Waals surface area contributed by atoms with Gasteiger partial charge in [0.2, 0.25) is 0 Å². The number of oxime groups is 1. The zero-order chi connectivity index (χ0) is 19.3. The van der Waals surface area contributed by atoms with Crippen molar-refractivity contribution in [2.45, 2.75) is 39.5 Å². The van der Waals surface area contributed by atoms with Crippen LogP contribution in [-0.4, -0.2) is 4.62 Å². The molecule has 0 amide bonds. The summed E-state index contributed by atoms with van der Waals surface area (Å²) in [6.07, 6.45) is -3.93. The summed E-state index contributed by atoms with van der Waals surface area (Å²) in [5, 5.41) is 6.91. The molecule has 0 fully saturated rings. The van der Waals surface area contributed by atoms with Crippen LogP contribution in [0.3, 0.4) is 0 Å². The second kappa shape index (κ2) is 8.58. The van der Waals surface area contributed by atoms with Gasteiger partial charge in [-0.3, -0.25) is 0 Å². The Labute approximate surface area is 159 Å². The molecule has 1 atom stereocenters. The highest BCUT2D eigenvalue weighted by Crippen LogP contribution is 2.34. The van der Waals surface area contributed by atoms with E-state index in [2.05, 4.69) is 26.4 Å². The summed E-state index contributed by atoms with van der Waals surface area (Å²) < 4.78 is 39.2. The van der Waals surface area contributed by atoms with Gasteiger partial charge in [-0.2, -0.15) is 13.2 Å². The Balaban J connectivity index is 0.00000117. The third kappa shape index (κ3) is 5.00. The van der Waals surface area contributed by atoms with Crippen LogP contribution in [0, 0.1) is 6.92 Å². The Bertz CT molecular complexity index is 791. The Kier molecular flexibility index (Phi) is 6.69. The maximum absolute atomic E-state index is 12.8. The van der Waals surface area contributed by atoms with E-state index >= 15 is 0 Å². The molecule has 140 valence electrons. The van der Waals surface area contributed by atoms with Gasteiger partial charge in [0.15, 0.2) is 6.10 Å². The van der Waals surface area contributed by atoms with Gasteiger partial charge in [-0.15, -0.1) is 0 Å². The highest BCUT2D eigenvalue weighted by molar-refractivity contribution is 9.18. The quantitative estimate of drug-likeness (QED) is 0.573. The second-order valence-electron chi connectivity index (χ2n) is 5.54.